The molecule has 13 heteroatoms. The highest BCUT2D eigenvalue weighted by Crippen LogP contribution is 2.20. The Kier molecular flexibility index (Phi) is 8.16. The van der Waals surface area contributed by atoms with Gasteiger partial charge in [0.2, 0.25) is 29.1 Å². The molecule has 0 N–H and O–H groups in total. The van der Waals surface area contributed by atoms with Gasteiger partial charge in [0.15, 0.2) is 10.1 Å². The number of hydrogen-bond acceptors (Lipinski definition) is 3. The molecule has 0 heterocycles. The normalized spacial score (nSPS) is 11.9. The maximum atomic E-state index is 13.0. The largest absolute Gasteiger partial charge is 0.741 e. The first kappa shape index (κ1) is 22.3. The van der Waals surface area contributed by atoms with Crippen LogP contribution in [0.15, 0.2) is 0 Å². The van der Waals surface area contributed by atoms with Crippen LogP contribution in [0.2, 0.25) is 0 Å². The zero-order valence-electron chi connectivity index (χ0n) is 10.9. The lowest BCUT2D eigenvalue weighted by molar-refractivity contribution is -0.632. The molecular weight excluding hydrogens is 479 g/mol. The maximum Gasteiger partial charge on any atom is 0.485 e. The average molecular weight is 486 g/mol. The van der Waals surface area contributed by atoms with E-state index in [4.69, 9.17) is 13.0 Å². The molecule has 134 valence electrons. The van der Waals surface area contributed by atoms with E-state index in [0.29, 0.717) is 10.8 Å². The lowest BCUT2D eigenvalue weighted by Gasteiger charge is -2.08. The second-order valence-corrected chi connectivity index (χ2v) is 7.90. The standard InChI is InChI=1S/C9H7F5I.CHF3O3S/c1-2-3-15-9-7(13)5(11)4(10)6(12)8(9)14;2-1(3,4)8(5,6)7/h2-3H2,1H3;(H,5,6,7)/q+1;/p-1. The third-order valence-electron chi connectivity index (χ3n) is 1.86. The van der Waals surface area contributed by atoms with Gasteiger partial charge >= 0.3 is 26.7 Å². The van der Waals surface area contributed by atoms with Crippen LogP contribution in [-0.4, -0.2) is 22.9 Å². The van der Waals surface area contributed by atoms with Crippen LogP contribution in [0.4, 0.5) is 35.1 Å². The van der Waals surface area contributed by atoms with Gasteiger partial charge in [-0.3, -0.25) is 0 Å². The fourth-order valence-electron chi connectivity index (χ4n) is 0.884. The van der Waals surface area contributed by atoms with Gasteiger partial charge in [-0.2, -0.15) is 22.0 Å². The molecule has 0 amide bonds. The van der Waals surface area contributed by atoms with Gasteiger partial charge in [0, 0.05) is 0 Å². The van der Waals surface area contributed by atoms with Gasteiger partial charge in [-0.1, -0.05) is 6.92 Å². The fraction of sp³-hybridized carbons (Fsp3) is 0.400. The molecule has 1 rings (SSSR count). The summed E-state index contributed by atoms with van der Waals surface area (Å²) in [6.45, 7) is 1.78. The summed E-state index contributed by atoms with van der Waals surface area (Å²) in [5.74, 6) is -9.13. The minimum absolute atomic E-state index is 0.483. The smallest absolute Gasteiger partial charge is 0.485 e. The van der Waals surface area contributed by atoms with Gasteiger partial charge in [0.1, 0.15) is 4.43 Å². The Morgan fingerprint density at radius 2 is 1.22 bits per heavy atom. The van der Waals surface area contributed by atoms with Gasteiger partial charge in [-0.25, -0.2) is 21.6 Å². The molecule has 0 fully saturated rings. The first-order valence-electron chi connectivity index (χ1n) is 5.38. The first-order valence-corrected chi connectivity index (χ1v) is 9.39. The maximum absolute atomic E-state index is 13.0. The van der Waals surface area contributed by atoms with E-state index in [1.807, 2.05) is 0 Å². The van der Waals surface area contributed by atoms with Crippen LogP contribution >= 0.6 is 0 Å². The molecule has 0 aromatic heterocycles. The SMILES string of the molecule is CCC[I+]c1c(F)c(F)c(F)c(F)c1F.O=S(=O)([O-])C(F)(F)F. The molecule has 0 unspecified atom stereocenters. The number of benzene rings is 1. The van der Waals surface area contributed by atoms with E-state index < -0.39 is 69.5 Å². The van der Waals surface area contributed by atoms with Crippen LogP contribution in [0.5, 0.6) is 0 Å². The van der Waals surface area contributed by atoms with Gasteiger partial charge < -0.3 is 4.55 Å². The molecule has 0 aliphatic rings. The van der Waals surface area contributed by atoms with Crippen molar-refractivity contribution in [3.63, 3.8) is 0 Å². The van der Waals surface area contributed by atoms with Gasteiger partial charge in [-0.15, -0.1) is 0 Å². The van der Waals surface area contributed by atoms with Crippen LogP contribution in [0.1, 0.15) is 13.3 Å². The highest BCUT2D eigenvalue weighted by Gasteiger charge is 2.37. The Morgan fingerprint density at radius 3 is 1.48 bits per heavy atom. The fourth-order valence-corrected chi connectivity index (χ4v) is 3.11. The topological polar surface area (TPSA) is 57.2 Å². The van der Waals surface area contributed by atoms with Crippen molar-refractivity contribution >= 4 is 10.1 Å². The van der Waals surface area contributed by atoms with Crippen molar-refractivity contribution in [1.82, 2.24) is 0 Å². The second kappa shape index (κ2) is 8.41. The monoisotopic (exact) mass is 486 g/mol. The minimum atomic E-state index is -6.09. The summed E-state index contributed by atoms with van der Waals surface area (Å²) in [6.07, 6.45) is 0.659. The lowest BCUT2D eigenvalue weighted by Crippen LogP contribution is -3.63. The third kappa shape index (κ3) is 6.02. The molecule has 0 saturated heterocycles. The summed E-state index contributed by atoms with van der Waals surface area (Å²) < 4.78 is 123. The Hall–Kier alpha value is -0.700. The number of alkyl halides is 4. The number of halogens is 9. The van der Waals surface area contributed by atoms with Crippen molar-refractivity contribution in [3.05, 3.63) is 32.7 Å². The molecule has 23 heavy (non-hydrogen) atoms. The Morgan fingerprint density at radius 1 is 0.913 bits per heavy atom. The zero-order valence-corrected chi connectivity index (χ0v) is 13.9. The molecule has 0 saturated carbocycles. The van der Waals surface area contributed by atoms with E-state index in [2.05, 4.69) is 0 Å². The van der Waals surface area contributed by atoms with Gasteiger partial charge in [0.05, 0.1) is 0 Å². The van der Waals surface area contributed by atoms with Crippen LogP contribution in [-0.2, 0) is 10.1 Å². The third-order valence-corrected chi connectivity index (χ3v) is 5.75. The van der Waals surface area contributed by atoms with E-state index in [0.717, 1.165) is 0 Å². The van der Waals surface area contributed by atoms with Gasteiger partial charge in [-0.05, 0) is 6.42 Å². The van der Waals surface area contributed by atoms with Crippen LogP contribution in [0.3, 0.4) is 0 Å². The molecular formula is C10H7F8IO3S. The average Bonchev–Trinajstić information content (AvgIpc) is 2.41. The van der Waals surface area contributed by atoms with Crippen LogP contribution in [0, 0.1) is 32.7 Å². The summed E-state index contributed by atoms with van der Waals surface area (Å²) in [5, 5.41) is 0. The summed E-state index contributed by atoms with van der Waals surface area (Å²) in [5.41, 5.74) is -5.65. The van der Waals surface area contributed by atoms with Crippen LogP contribution in [0.25, 0.3) is 0 Å². The van der Waals surface area contributed by atoms with Gasteiger partial charge in [0.25, 0.3) is 3.57 Å². The summed E-state index contributed by atoms with van der Waals surface area (Å²) in [4.78, 5) is 0. The van der Waals surface area contributed by atoms with E-state index in [1.54, 1.807) is 6.92 Å². The Labute approximate surface area is 135 Å². The predicted octanol–water partition coefficient (Wildman–Crippen LogP) is 0.102. The quantitative estimate of drug-likeness (QED) is 0.116. The van der Waals surface area contributed by atoms with Crippen molar-refractivity contribution < 1.29 is 69.3 Å². The molecule has 1 aromatic carbocycles. The molecule has 0 spiro atoms. The van der Waals surface area contributed by atoms with E-state index in [-0.39, 0.29) is 0 Å². The summed E-state index contributed by atoms with van der Waals surface area (Å²) in [6, 6.07) is 0. The highest BCUT2D eigenvalue weighted by molar-refractivity contribution is 7.86. The van der Waals surface area contributed by atoms with Crippen molar-refractivity contribution in [2.75, 3.05) is 4.43 Å². The van der Waals surface area contributed by atoms with Crippen molar-refractivity contribution in [2.24, 2.45) is 0 Å². The molecule has 0 aliphatic heterocycles. The van der Waals surface area contributed by atoms with Crippen LogP contribution < -0.4 is 21.2 Å². The summed E-state index contributed by atoms with van der Waals surface area (Å²) in [7, 11) is -6.09. The molecule has 0 bridgehead atoms. The second-order valence-electron chi connectivity index (χ2n) is 3.61. The number of hydrogen-bond donors (Lipinski definition) is 0. The molecule has 0 radical (unpaired) electrons. The molecule has 3 nitrogen and oxygen atoms in total. The molecule has 0 aliphatic carbocycles. The van der Waals surface area contributed by atoms with E-state index in [9.17, 15) is 35.1 Å². The van der Waals surface area contributed by atoms with Crippen molar-refractivity contribution in [1.29, 1.82) is 0 Å². The Bertz CT molecular complexity index is 630. The first-order chi connectivity index (χ1) is 10.3. The highest BCUT2D eigenvalue weighted by atomic mass is 127. The van der Waals surface area contributed by atoms with Crippen molar-refractivity contribution in [3.8, 4) is 0 Å². The minimum Gasteiger partial charge on any atom is -0.741 e. The summed E-state index contributed by atoms with van der Waals surface area (Å²) >= 11 is -1.16. The predicted molar refractivity (Wildman–Crippen MR) is 55.8 cm³/mol. The lowest BCUT2D eigenvalue weighted by atomic mass is 10.3. The Balaban J connectivity index is 0.000000515. The molecule has 0 atom stereocenters. The van der Waals surface area contributed by atoms with Crippen molar-refractivity contribution in [2.45, 2.75) is 18.9 Å². The van der Waals surface area contributed by atoms with E-state index >= 15 is 0 Å². The number of rotatable bonds is 3. The zero-order chi connectivity index (χ0) is 18.6. The van der Waals surface area contributed by atoms with E-state index in [1.165, 1.54) is 0 Å². The molecule has 1 aromatic rings.